The van der Waals surface area contributed by atoms with E-state index in [9.17, 15) is 4.79 Å². The van der Waals surface area contributed by atoms with E-state index < -0.39 is 0 Å². The zero-order valence-electron chi connectivity index (χ0n) is 14.3. The normalized spacial score (nSPS) is 13.8. The predicted molar refractivity (Wildman–Crippen MR) is 109 cm³/mol. The molecule has 130 valence electrons. The SMILES string of the molecule is O=c1c2c(-c3ccc4c(c3)CCCC4)csc2ncn1Cc1cccs1. The van der Waals surface area contributed by atoms with Gasteiger partial charge in [-0.15, -0.1) is 22.7 Å². The van der Waals surface area contributed by atoms with Gasteiger partial charge in [0.1, 0.15) is 4.83 Å². The predicted octanol–water partition coefficient (Wildman–Crippen LogP) is 5.11. The van der Waals surface area contributed by atoms with E-state index in [0.29, 0.717) is 6.54 Å². The molecule has 3 nitrogen and oxygen atoms in total. The Labute approximate surface area is 159 Å². The van der Waals surface area contributed by atoms with Gasteiger partial charge in [-0.05, 0) is 53.8 Å². The van der Waals surface area contributed by atoms with Gasteiger partial charge in [-0.3, -0.25) is 9.36 Å². The fraction of sp³-hybridized carbons (Fsp3) is 0.238. The van der Waals surface area contributed by atoms with Gasteiger partial charge >= 0.3 is 0 Å². The van der Waals surface area contributed by atoms with Crippen molar-refractivity contribution < 1.29 is 0 Å². The summed E-state index contributed by atoms with van der Waals surface area (Å²) in [6, 6.07) is 10.8. The lowest BCUT2D eigenvalue weighted by Crippen LogP contribution is -2.20. The van der Waals surface area contributed by atoms with Crippen LogP contribution in [0, 0.1) is 0 Å². The summed E-state index contributed by atoms with van der Waals surface area (Å²) in [4.78, 5) is 19.7. The van der Waals surface area contributed by atoms with Crippen LogP contribution in [0.1, 0.15) is 28.8 Å². The molecule has 0 N–H and O–H groups in total. The molecule has 0 fully saturated rings. The van der Waals surface area contributed by atoms with E-state index in [-0.39, 0.29) is 5.56 Å². The fourth-order valence-corrected chi connectivity index (χ4v) is 5.37. The quantitative estimate of drug-likeness (QED) is 0.496. The Bertz CT molecular complexity index is 1140. The van der Waals surface area contributed by atoms with Crippen molar-refractivity contribution in [3.63, 3.8) is 0 Å². The van der Waals surface area contributed by atoms with Gasteiger partial charge in [-0.25, -0.2) is 4.98 Å². The van der Waals surface area contributed by atoms with E-state index in [0.717, 1.165) is 27.8 Å². The second kappa shape index (κ2) is 6.49. The maximum absolute atomic E-state index is 13.1. The Morgan fingerprint density at radius 1 is 1.08 bits per heavy atom. The van der Waals surface area contributed by atoms with Crippen molar-refractivity contribution in [2.45, 2.75) is 32.2 Å². The molecule has 3 heterocycles. The Hall–Kier alpha value is -2.24. The van der Waals surface area contributed by atoms with Crippen LogP contribution < -0.4 is 5.56 Å². The molecule has 0 spiro atoms. The fourth-order valence-electron chi connectivity index (χ4n) is 3.76. The van der Waals surface area contributed by atoms with Gasteiger partial charge in [-0.2, -0.15) is 0 Å². The highest BCUT2D eigenvalue weighted by Gasteiger charge is 2.16. The van der Waals surface area contributed by atoms with Gasteiger partial charge in [0.2, 0.25) is 0 Å². The molecular weight excluding hydrogens is 360 g/mol. The monoisotopic (exact) mass is 378 g/mol. The molecule has 1 aliphatic rings. The van der Waals surface area contributed by atoms with Crippen LogP contribution in [0.4, 0.5) is 0 Å². The highest BCUT2D eigenvalue weighted by molar-refractivity contribution is 7.17. The number of hydrogen-bond donors (Lipinski definition) is 0. The van der Waals surface area contributed by atoms with Crippen molar-refractivity contribution in [2.24, 2.45) is 0 Å². The Balaban J connectivity index is 1.63. The van der Waals surface area contributed by atoms with E-state index in [1.54, 1.807) is 33.6 Å². The van der Waals surface area contributed by atoms with Crippen molar-refractivity contribution >= 4 is 32.9 Å². The van der Waals surface area contributed by atoms with Crippen molar-refractivity contribution in [1.29, 1.82) is 0 Å². The largest absolute Gasteiger partial charge is 0.293 e. The van der Waals surface area contributed by atoms with E-state index in [1.807, 2.05) is 11.4 Å². The number of fused-ring (bicyclic) bond motifs is 2. The Morgan fingerprint density at radius 3 is 2.81 bits per heavy atom. The third-order valence-electron chi connectivity index (χ3n) is 5.13. The van der Waals surface area contributed by atoms with E-state index in [4.69, 9.17) is 0 Å². The number of rotatable bonds is 3. The Morgan fingerprint density at radius 2 is 1.96 bits per heavy atom. The molecule has 5 heteroatoms. The lowest BCUT2D eigenvalue weighted by molar-refractivity contribution is 0.686. The van der Waals surface area contributed by atoms with Crippen LogP contribution in [0.5, 0.6) is 0 Å². The Kier molecular flexibility index (Phi) is 3.98. The van der Waals surface area contributed by atoms with Gasteiger partial charge in [0.25, 0.3) is 5.56 Å². The third-order valence-corrected chi connectivity index (χ3v) is 6.87. The number of aromatic nitrogens is 2. The summed E-state index contributed by atoms with van der Waals surface area (Å²) in [5.41, 5.74) is 5.13. The molecule has 0 radical (unpaired) electrons. The molecule has 0 saturated carbocycles. The van der Waals surface area contributed by atoms with E-state index in [2.05, 4.69) is 34.6 Å². The van der Waals surface area contributed by atoms with Crippen LogP contribution >= 0.6 is 22.7 Å². The van der Waals surface area contributed by atoms with Crippen molar-refractivity contribution in [3.8, 4) is 11.1 Å². The molecule has 1 aromatic carbocycles. The van der Waals surface area contributed by atoms with Gasteiger partial charge in [0.15, 0.2) is 0 Å². The lowest BCUT2D eigenvalue weighted by atomic mass is 9.89. The van der Waals surface area contributed by atoms with Crippen LogP contribution in [0.15, 0.2) is 52.2 Å². The minimum Gasteiger partial charge on any atom is -0.293 e. The van der Waals surface area contributed by atoms with Gasteiger partial charge in [0, 0.05) is 15.8 Å². The molecule has 0 bridgehead atoms. The highest BCUT2D eigenvalue weighted by atomic mass is 32.1. The number of nitrogens with zero attached hydrogens (tertiary/aromatic N) is 2. The van der Waals surface area contributed by atoms with Crippen LogP contribution in [0.25, 0.3) is 21.3 Å². The third kappa shape index (κ3) is 2.72. The van der Waals surface area contributed by atoms with E-state index >= 15 is 0 Å². The first-order valence-corrected chi connectivity index (χ1v) is 10.7. The molecule has 0 amide bonds. The average Bonchev–Trinajstić information content (AvgIpc) is 3.33. The molecule has 4 aromatic rings. The van der Waals surface area contributed by atoms with Crippen LogP contribution in [-0.2, 0) is 19.4 Å². The van der Waals surface area contributed by atoms with Crippen molar-refractivity contribution in [1.82, 2.24) is 9.55 Å². The summed E-state index contributed by atoms with van der Waals surface area (Å²) in [5.74, 6) is 0. The second-order valence-corrected chi connectivity index (χ2v) is 8.67. The van der Waals surface area contributed by atoms with E-state index in [1.165, 1.54) is 35.3 Å². The smallest absolute Gasteiger partial charge is 0.263 e. The summed E-state index contributed by atoms with van der Waals surface area (Å²) in [5, 5.41) is 4.87. The molecule has 1 aliphatic carbocycles. The number of hydrogen-bond acceptors (Lipinski definition) is 4. The minimum atomic E-state index is 0.0531. The van der Waals surface area contributed by atoms with Crippen LogP contribution in [0.2, 0.25) is 0 Å². The zero-order valence-corrected chi connectivity index (χ0v) is 15.9. The summed E-state index contributed by atoms with van der Waals surface area (Å²) >= 11 is 3.22. The van der Waals surface area contributed by atoms with Crippen LogP contribution in [-0.4, -0.2) is 9.55 Å². The first-order valence-electron chi connectivity index (χ1n) is 8.91. The summed E-state index contributed by atoms with van der Waals surface area (Å²) in [6.07, 6.45) is 6.54. The average molecular weight is 379 g/mol. The zero-order chi connectivity index (χ0) is 17.5. The second-order valence-electron chi connectivity index (χ2n) is 6.78. The van der Waals surface area contributed by atoms with Crippen molar-refractivity contribution in [3.05, 3.63) is 73.8 Å². The summed E-state index contributed by atoms with van der Waals surface area (Å²) in [7, 11) is 0. The van der Waals surface area contributed by atoms with Gasteiger partial charge in [0.05, 0.1) is 18.3 Å². The topological polar surface area (TPSA) is 34.9 Å². The molecule has 3 aromatic heterocycles. The minimum absolute atomic E-state index is 0.0531. The summed E-state index contributed by atoms with van der Waals surface area (Å²) < 4.78 is 1.72. The number of aryl methyl sites for hydroxylation is 2. The standard InChI is InChI=1S/C21H18N2OS2/c24-21-19-18(16-8-7-14-4-1-2-5-15(14)10-16)12-26-20(19)22-13-23(21)11-17-6-3-9-25-17/h3,6-10,12-13H,1-2,4-5,11H2. The maximum Gasteiger partial charge on any atom is 0.263 e. The first-order chi connectivity index (χ1) is 12.8. The molecule has 0 saturated heterocycles. The molecule has 0 aliphatic heterocycles. The number of thiophene rings is 2. The lowest BCUT2D eigenvalue weighted by Gasteiger charge is -2.16. The molecule has 0 unspecified atom stereocenters. The first kappa shape index (κ1) is 16.0. The number of benzene rings is 1. The summed E-state index contributed by atoms with van der Waals surface area (Å²) in [6.45, 7) is 0.582. The van der Waals surface area contributed by atoms with Crippen molar-refractivity contribution in [2.75, 3.05) is 0 Å². The van der Waals surface area contributed by atoms with Crippen LogP contribution in [0.3, 0.4) is 0 Å². The highest BCUT2D eigenvalue weighted by Crippen LogP contribution is 2.33. The maximum atomic E-state index is 13.1. The molecule has 26 heavy (non-hydrogen) atoms. The molecular formula is C21H18N2OS2. The molecule has 5 rings (SSSR count). The van der Waals surface area contributed by atoms with Gasteiger partial charge in [-0.1, -0.05) is 24.3 Å². The van der Waals surface area contributed by atoms with Gasteiger partial charge < -0.3 is 0 Å². The molecule has 0 atom stereocenters.